The van der Waals surface area contributed by atoms with Gasteiger partial charge in [0.25, 0.3) is 5.91 Å². The lowest BCUT2D eigenvalue weighted by Crippen LogP contribution is -2.27. The number of rotatable bonds is 7. The zero-order chi connectivity index (χ0) is 13.4. The molecule has 100 valence electrons. The van der Waals surface area contributed by atoms with E-state index in [2.05, 4.69) is 20.5 Å². The minimum atomic E-state index is -0.117. The van der Waals surface area contributed by atoms with E-state index < -0.39 is 0 Å². The number of nitrogens with one attached hydrogen (secondary N) is 2. The van der Waals surface area contributed by atoms with Crippen molar-refractivity contribution < 1.29 is 4.79 Å². The summed E-state index contributed by atoms with van der Waals surface area (Å²) in [7, 11) is 4.03. The molecule has 1 heterocycles. The van der Waals surface area contributed by atoms with Gasteiger partial charge in [0.1, 0.15) is 5.69 Å². The normalized spacial score (nSPS) is 10.4. The highest BCUT2D eigenvalue weighted by Crippen LogP contribution is 2.07. The van der Waals surface area contributed by atoms with Crippen LogP contribution in [0.1, 0.15) is 23.8 Å². The lowest BCUT2D eigenvalue weighted by molar-refractivity contribution is 0.0947. The number of amides is 1. The third kappa shape index (κ3) is 5.14. The van der Waals surface area contributed by atoms with Gasteiger partial charge in [0, 0.05) is 25.0 Å². The summed E-state index contributed by atoms with van der Waals surface area (Å²) in [6.07, 6.45) is 2.58. The average Bonchev–Trinajstić information content (AvgIpc) is 2.35. The average molecular weight is 250 g/mol. The van der Waals surface area contributed by atoms with Crippen molar-refractivity contribution in [2.45, 2.75) is 13.3 Å². The monoisotopic (exact) mass is 250 g/mol. The maximum Gasteiger partial charge on any atom is 0.269 e. The van der Waals surface area contributed by atoms with Crippen LogP contribution in [0.15, 0.2) is 18.3 Å². The summed E-state index contributed by atoms with van der Waals surface area (Å²) in [5.74, 6) is -0.117. The molecule has 1 aromatic rings. The van der Waals surface area contributed by atoms with E-state index in [4.69, 9.17) is 0 Å². The Kier molecular flexibility index (Phi) is 6.14. The van der Waals surface area contributed by atoms with Crippen LogP contribution in [0.4, 0.5) is 5.69 Å². The first kappa shape index (κ1) is 14.4. The van der Waals surface area contributed by atoms with Gasteiger partial charge >= 0.3 is 0 Å². The number of aromatic nitrogens is 1. The summed E-state index contributed by atoms with van der Waals surface area (Å²) in [4.78, 5) is 18.0. The second kappa shape index (κ2) is 7.66. The topological polar surface area (TPSA) is 57.3 Å². The number of carbonyl (C=O) groups excluding carboxylic acids is 1. The van der Waals surface area contributed by atoms with Gasteiger partial charge in [0.05, 0.1) is 0 Å². The number of nitrogens with zero attached hydrogens (tertiary/aromatic N) is 2. The summed E-state index contributed by atoms with van der Waals surface area (Å²) in [5, 5.41) is 6.03. The van der Waals surface area contributed by atoms with Crippen molar-refractivity contribution in [3.63, 3.8) is 0 Å². The fraction of sp³-hybridized carbons (Fsp3) is 0.538. The van der Waals surface area contributed by atoms with Crippen LogP contribution in [0.5, 0.6) is 0 Å². The maximum absolute atomic E-state index is 11.8. The number of carbonyl (C=O) groups is 1. The molecule has 0 fully saturated rings. The van der Waals surface area contributed by atoms with Crippen LogP contribution in [0.2, 0.25) is 0 Å². The molecule has 0 saturated carbocycles. The molecule has 0 spiro atoms. The number of hydrogen-bond acceptors (Lipinski definition) is 4. The number of pyridine rings is 1. The van der Waals surface area contributed by atoms with Crippen LogP contribution in [0, 0.1) is 0 Å². The molecular weight excluding hydrogens is 228 g/mol. The standard InChI is InChI=1S/C13H22N4O/c1-4-14-11-6-8-15-12(10-11)13(18)16-7-5-9-17(2)3/h6,8,10H,4-5,7,9H2,1-3H3,(H,14,15)(H,16,18). The van der Waals surface area contributed by atoms with Crippen molar-refractivity contribution in [2.75, 3.05) is 39.0 Å². The third-order valence-corrected chi connectivity index (χ3v) is 2.44. The first-order chi connectivity index (χ1) is 8.63. The van der Waals surface area contributed by atoms with Crippen LogP contribution in [0.3, 0.4) is 0 Å². The Labute approximate surface area is 109 Å². The van der Waals surface area contributed by atoms with E-state index in [1.54, 1.807) is 12.3 Å². The van der Waals surface area contributed by atoms with Crippen LogP contribution in [-0.4, -0.2) is 49.5 Å². The van der Waals surface area contributed by atoms with Gasteiger partial charge in [-0.1, -0.05) is 0 Å². The molecule has 5 heteroatoms. The largest absolute Gasteiger partial charge is 0.385 e. The molecule has 1 aromatic heterocycles. The Morgan fingerprint density at radius 2 is 2.22 bits per heavy atom. The Morgan fingerprint density at radius 1 is 1.44 bits per heavy atom. The van der Waals surface area contributed by atoms with Gasteiger partial charge in [0.15, 0.2) is 0 Å². The molecular formula is C13H22N4O. The molecule has 5 nitrogen and oxygen atoms in total. The van der Waals surface area contributed by atoms with E-state index >= 15 is 0 Å². The lowest BCUT2D eigenvalue weighted by Gasteiger charge is -2.10. The first-order valence-corrected chi connectivity index (χ1v) is 6.26. The lowest BCUT2D eigenvalue weighted by atomic mass is 10.3. The Balaban J connectivity index is 2.43. The van der Waals surface area contributed by atoms with Gasteiger partial charge in [-0.2, -0.15) is 0 Å². The second-order valence-corrected chi connectivity index (χ2v) is 4.37. The van der Waals surface area contributed by atoms with Crippen molar-refractivity contribution in [1.29, 1.82) is 0 Å². The van der Waals surface area contributed by atoms with E-state index in [1.807, 2.05) is 27.1 Å². The Morgan fingerprint density at radius 3 is 2.89 bits per heavy atom. The fourth-order valence-electron chi connectivity index (χ4n) is 1.56. The highest BCUT2D eigenvalue weighted by Gasteiger charge is 2.06. The molecule has 0 unspecified atom stereocenters. The summed E-state index contributed by atoms with van der Waals surface area (Å²) < 4.78 is 0. The molecule has 0 radical (unpaired) electrons. The van der Waals surface area contributed by atoms with E-state index in [0.717, 1.165) is 25.2 Å². The Hall–Kier alpha value is -1.62. The summed E-state index contributed by atoms with van der Waals surface area (Å²) >= 11 is 0. The molecule has 0 aliphatic carbocycles. The maximum atomic E-state index is 11.8. The van der Waals surface area contributed by atoms with Crippen molar-refractivity contribution in [2.24, 2.45) is 0 Å². The molecule has 0 bridgehead atoms. The quantitative estimate of drug-likeness (QED) is 0.714. The van der Waals surface area contributed by atoms with Crippen LogP contribution in [-0.2, 0) is 0 Å². The van der Waals surface area contributed by atoms with Crippen molar-refractivity contribution in [3.05, 3.63) is 24.0 Å². The third-order valence-electron chi connectivity index (χ3n) is 2.44. The van der Waals surface area contributed by atoms with Gasteiger partial charge in [0.2, 0.25) is 0 Å². The second-order valence-electron chi connectivity index (χ2n) is 4.37. The highest BCUT2D eigenvalue weighted by atomic mass is 16.1. The predicted molar refractivity (Wildman–Crippen MR) is 73.9 cm³/mol. The smallest absolute Gasteiger partial charge is 0.269 e. The number of hydrogen-bond donors (Lipinski definition) is 2. The minimum absolute atomic E-state index is 0.117. The zero-order valence-electron chi connectivity index (χ0n) is 11.4. The molecule has 0 atom stereocenters. The van der Waals surface area contributed by atoms with E-state index in [-0.39, 0.29) is 5.91 Å². The SMILES string of the molecule is CCNc1ccnc(C(=O)NCCCN(C)C)c1. The molecule has 1 amide bonds. The van der Waals surface area contributed by atoms with E-state index in [0.29, 0.717) is 12.2 Å². The zero-order valence-corrected chi connectivity index (χ0v) is 11.4. The van der Waals surface area contributed by atoms with Gasteiger partial charge in [-0.3, -0.25) is 9.78 Å². The van der Waals surface area contributed by atoms with Crippen LogP contribution >= 0.6 is 0 Å². The van der Waals surface area contributed by atoms with Crippen LogP contribution < -0.4 is 10.6 Å². The van der Waals surface area contributed by atoms with E-state index in [1.165, 1.54) is 0 Å². The minimum Gasteiger partial charge on any atom is -0.385 e. The molecule has 1 rings (SSSR count). The van der Waals surface area contributed by atoms with Gasteiger partial charge in [-0.15, -0.1) is 0 Å². The summed E-state index contributed by atoms with van der Waals surface area (Å²) in [5.41, 5.74) is 1.38. The molecule has 0 aliphatic heterocycles. The Bertz CT molecular complexity index is 379. The van der Waals surface area contributed by atoms with Crippen LogP contribution in [0.25, 0.3) is 0 Å². The molecule has 0 saturated heterocycles. The van der Waals surface area contributed by atoms with Gasteiger partial charge in [-0.25, -0.2) is 0 Å². The van der Waals surface area contributed by atoms with Gasteiger partial charge in [-0.05, 0) is 46.1 Å². The predicted octanol–water partition coefficient (Wildman–Crippen LogP) is 1.19. The molecule has 0 aliphatic rings. The number of anilines is 1. The highest BCUT2D eigenvalue weighted by molar-refractivity contribution is 5.93. The summed E-state index contributed by atoms with van der Waals surface area (Å²) in [6.45, 7) is 4.48. The first-order valence-electron chi connectivity index (χ1n) is 6.26. The van der Waals surface area contributed by atoms with E-state index in [9.17, 15) is 4.79 Å². The molecule has 2 N–H and O–H groups in total. The molecule has 18 heavy (non-hydrogen) atoms. The van der Waals surface area contributed by atoms with Crippen molar-refractivity contribution >= 4 is 11.6 Å². The summed E-state index contributed by atoms with van der Waals surface area (Å²) in [6, 6.07) is 3.62. The van der Waals surface area contributed by atoms with Crippen molar-refractivity contribution in [3.8, 4) is 0 Å². The van der Waals surface area contributed by atoms with Gasteiger partial charge < -0.3 is 15.5 Å². The van der Waals surface area contributed by atoms with Crippen molar-refractivity contribution in [1.82, 2.24) is 15.2 Å². The fourth-order valence-corrected chi connectivity index (χ4v) is 1.56. The molecule has 0 aromatic carbocycles.